The second-order valence-corrected chi connectivity index (χ2v) is 3.56. The smallest absolute Gasteiger partial charge is 0.323 e. The molecule has 3 N–H and O–H groups in total. The van der Waals surface area contributed by atoms with E-state index in [4.69, 9.17) is 10.5 Å². The second kappa shape index (κ2) is 6.85. The first-order valence-corrected chi connectivity index (χ1v) is 5.72. The number of nitrogens with zero attached hydrogens (tertiary/aromatic N) is 4. The summed E-state index contributed by atoms with van der Waals surface area (Å²) in [5, 5.41) is 3.09. The molecule has 17 heavy (non-hydrogen) atoms. The van der Waals surface area contributed by atoms with Crippen LogP contribution in [0.4, 0.5) is 11.9 Å². The van der Waals surface area contributed by atoms with Gasteiger partial charge in [0.05, 0.1) is 6.61 Å². The molecule has 1 rings (SSSR count). The Morgan fingerprint density at radius 1 is 1.29 bits per heavy atom. The van der Waals surface area contributed by atoms with Crippen LogP contribution in [0.1, 0.15) is 13.8 Å². The molecule has 0 bridgehead atoms. The van der Waals surface area contributed by atoms with E-state index >= 15 is 0 Å². The predicted octanol–water partition coefficient (Wildman–Crippen LogP) is 0.216. The highest BCUT2D eigenvalue weighted by atomic mass is 16.5. The fourth-order valence-corrected chi connectivity index (χ4v) is 1.16. The van der Waals surface area contributed by atoms with Gasteiger partial charge in [-0.3, -0.25) is 0 Å². The third-order valence-electron chi connectivity index (χ3n) is 2.22. The SMILES string of the molecule is CCOc1nc(N)nc(NCCN(C)CC)n1. The minimum Gasteiger partial charge on any atom is -0.464 e. The van der Waals surface area contributed by atoms with Crippen LogP contribution in [0.25, 0.3) is 0 Å². The van der Waals surface area contributed by atoms with Crippen molar-refractivity contribution in [2.75, 3.05) is 44.3 Å². The van der Waals surface area contributed by atoms with Crippen molar-refractivity contribution >= 4 is 11.9 Å². The number of aromatic nitrogens is 3. The molecule has 0 aliphatic carbocycles. The fraction of sp³-hybridized carbons (Fsp3) is 0.700. The van der Waals surface area contributed by atoms with Crippen molar-refractivity contribution in [2.45, 2.75) is 13.8 Å². The molecule has 0 aliphatic rings. The lowest BCUT2D eigenvalue weighted by Gasteiger charge is -2.14. The molecule has 0 amide bonds. The van der Waals surface area contributed by atoms with E-state index in [-0.39, 0.29) is 12.0 Å². The van der Waals surface area contributed by atoms with Crippen molar-refractivity contribution in [3.8, 4) is 6.01 Å². The van der Waals surface area contributed by atoms with E-state index in [2.05, 4.69) is 39.1 Å². The molecule has 7 nitrogen and oxygen atoms in total. The molecule has 0 radical (unpaired) electrons. The van der Waals surface area contributed by atoms with Gasteiger partial charge in [-0.15, -0.1) is 0 Å². The summed E-state index contributed by atoms with van der Waals surface area (Å²) in [5.41, 5.74) is 5.55. The fourth-order valence-electron chi connectivity index (χ4n) is 1.16. The van der Waals surface area contributed by atoms with Crippen molar-refractivity contribution < 1.29 is 4.74 Å². The van der Waals surface area contributed by atoms with Crippen molar-refractivity contribution in [3.63, 3.8) is 0 Å². The summed E-state index contributed by atoms with van der Waals surface area (Å²) < 4.78 is 5.18. The summed E-state index contributed by atoms with van der Waals surface area (Å²) in [7, 11) is 2.05. The summed E-state index contributed by atoms with van der Waals surface area (Å²) in [5.74, 6) is 0.611. The molecule has 0 aliphatic heterocycles. The Morgan fingerprint density at radius 2 is 2.06 bits per heavy atom. The van der Waals surface area contributed by atoms with Crippen molar-refractivity contribution in [1.29, 1.82) is 0 Å². The Labute approximate surface area is 101 Å². The van der Waals surface area contributed by atoms with Crippen LogP contribution >= 0.6 is 0 Å². The van der Waals surface area contributed by atoms with E-state index in [0.29, 0.717) is 12.6 Å². The van der Waals surface area contributed by atoms with Gasteiger partial charge >= 0.3 is 6.01 Å². The number of nitrogens with one attached hydrogen (secondary N) is 1. The lowest BCUT2D eigenvalue weighted by Crippen LogP contribution is -2.25. The van der Waals surface area contributed by atoms with Crippen LogP contribution < -0.4 is 15.8 Å². The van der Waals surface area contributed by atoms with E-state index in [0.717, 1.165) is 19.6 Å². The first kappa shape index (κ1) is 13.4. The number of nitrogens with two attached hydrogens (primary N) is 1. The van der Waals surface area contributed by atoms with Gasteiger partial charge in [0, 0.05) is 13.1 Å². The summed E-state index contributed by atoms with van der Waals surface area (Å²) >= 11 is 0. The van der Waals surface area contributed by atoms with E-state index in [9.17, 15) is 0 Å². The minimum absolute atomic E-state index is 0.162. The summed E-state index contributed by atoms with van der Waals surface area (Å²) in [4.78, 5) is 14.1. The van der Waals surface area contributed by atoms with Crippen LogP contribution in [-0.2, 0) is 0 Å². The van der Waals surface area contributed by atoms with Gasteiger partial charge in [0.25, 0.3) is 0 Å². The highest BCUT2D eigenvalue weighted by Gasteiger charge is 2.04. The summed E-state index contributed by atoms with van der Waals surface area (Å²) in [6, 6.07) is 0.256. The molecule has 0 saturated carbocycles. The third-order valence-corrected chi connectivity index (χ3v) is 2.22. The Morgan fingerprint density at radius 3 is 2.71 bits per heavy atom. The number of likely N-dealkylation sites (N-methyl/N-ethyl adjacent to an activating group) is 1. The highest BCUT2D eigenvalue weighted by Crippen LogP contribution is 2.08. The zero-order valence-corrected chi connectivity index (χ0v) is 10.6. The Balaban J connectivity index is 2.52. The quantitative estimate of drug-likeness (QED) is 0.704. The second-order valence-electron chi connectivity index (χ2n) is 3.56. The van der Waals surface area contributed by atoms with E-state index in [1.54, 1.807) is 0 Å². The van der Waals surface area contributed by atoms with Crippen LogP contribution in [0.2, 0.25) is 0 Å². The minimum atomic E-state index is 0.162. The summed E-state index contributed by atoms with van der Waals surface area (Å²) in [6.07, 6.45) is 0. The van der Waals surface area contributed by atoms with Gasteiger partial charge in [-0.05, 0) is 20.5 Å². The first-order chi connectivity index (χ1) is 8.15. The number of rotatable bonds is 7. The Hall–Kier alpha value is -1.63. The number of nitrogen functional groups attached to an aromatic ring is 1. The molecule has 0 saturated heterocycles. The number of ether oxygens (including phenoxy) is 1. The zero-order chi connectivity index (χ0) is 12.7. The number of anilines is 2. The van der Waals surface area contributed by atoms with Crippen LogP contribution in [0.3, 0.4) is 0 Å². The van der Waals surface area contributed by atoms with Crippen molar-refractivity contribution in [2.24, 2.45) is 0 Å². The molecule has 1 heterocycles. The Bertz CT molecular complexity index is 346. The first-order valence-electron chi connectivity index (χ1n) is 5.72. The van der Waals surface area contributed by atoms with Gasteiger partial charge in [0.2, 0.25) is 11.9 Å². The molecule has 0 aromatic carbocycles. The van der Waals surface area contributed by atoms with Crippen LogP contribution in [0.15, 0.2) is 0 Å². The summed E-state index contributed by atoms with van der Waals surface area (Å²) in [6.45, 7) is 7.13. The maximum atomic E-state index is 5.55. The van der Waals surface area contributed by atoms with Gasteiger partial charge in [0.1, 0.15) is 0 Å². The molecular weight excluding hydrogens is 220 g/mol. The molecule has 1 aromatic heterocycles. The third kappa shape index (κ3) is 4.81. The lowest BCUT2D eigenvalue weighted by atomic mass is 10.5. The average molecular weight is 240 g/mol. The molecular formula is C10H20N6O. The van der Waals surface area contributed by atoms with Crippen molar-refractivity contribution in [1.82, 2.24) is 19.9 Å². The van der Waals surface area contributed by atoms with Crippen LogP contribution in [-0.4, -0.2) is 53.1 Å². The Kier molecular flexibility index (Phi) is 5.41. The number of hydrogen-bond acceptors (Lipinski definition) is 7. The lowest BCUT2D eigenvalue weighted by molar-refractivity contribution is 0.312. The molecule has 0 unspecified atom stereocenters. The van der Waals surface area contributed by atoms with Gasteiger partial charge in [0.15, 0.2) is 0 Å². The largest absolute Gasteiger partial charge is 0.464 e. The van der Waals surface area contributed by atoms with Crippen molar-refractivity contribution in [3.05, 3.63) is 0 Å². The maximum absolute atomic E-state index is 5.55. The van der Waals surface area contributed by atoms with Gasteiger partial charge in [-0.25, -0.2) is 0 Å². The molecule has 1 aromatic rings. The predicted molar refractivity (Wildman–Crippen MR) is 67.1 cm³/mol. The molecule has 96 valence electrons. The van der Waals surface area contributed by atoms with E-state index in [1.165, 1.54) is 0 Å². The maximum Gasteiger partial charge on any atom is 0.323 e. The highest BCUT2D eigenvalue weighted by molar-refractivity contribution is 5.32. The normalized spacial score (nSPS) is 10.6. The molecule has 0 fully saturated rings. The van der Waals surface area contributed by atoms with Gasteiger partial charge < -0.3 is 20.7 Å². The zero-order valence-electron chi connectivity index (χ0n) is 10.6. The van der Waals surface area contributed by atoms with Crippen LogP contribution in [0.5, 0.6) is 6.01 Å². The standard InChI is InChI=1S/C10H20N6O/c1-4-16(3)7-6-12-9-13-8(11)14-10(15-9)17-5-2/h4-7H2,1-3H3,(H3,11,12,13,14,15). The van der Waals surface area contributed by atoms with E-state index < -0.39 is 0 Å². The van der Waals surface area contributed by atoms with E-state index in [1.807, 2.05) is 6.92 Å². The molecule has 0 spiro atoms. The molecule has 0 atom stereocenters. The molecule has 7 heteroatoms. The monoisotopic (exact) mass is 240 g/mol. The van der Waals surface area contributed by atoms with Crippen LogP contribution in [0, 0.1) is 0 Å². The van der Waals surface area contributed by atoms with Gasteiger partial charge in [-0.2, -0.15) is 15.0 Å². The number of hydrogen-bond donors (Lipinski definition) is 2. The van der Waals surface area contributed by atoms with Gasteiger partial charge in [-0.1, -0.05) is 6.92 Å². The topological polar surface area (TPSA) is 89.2 Å². The average Bonchev–Trinajstić information content (AvgIpc) is 2.28.